The Balaban J connectivity index is 2.67. The lowest BCUT2D eigenvalue weighted by Crippen LogP contribution is -2.23. The molecule has 2 heterocycles. The van der Waals surface area contributed by atoms with Gasteiger partial charge in [-0.15, -0.1) is 0 Å². The van der Waals surface area contributed by atoms with Gasteiger partial charge in [-0.1, -0.05) is 0 Å². The van der Waals surface area contributed by atoms with E-state index in [9.17, 15) is 8.42 Å². The molecular weight excluding hydrogens is 176 g/mol. The zero-order valence-corrected chi connectivity index (χ0v) is 7.13. The van der Waals surface area contributed by atoms with Gasteiger partial charge >= 0.3 is 0 Å². The molecule has 0 fully saturated rings. The van der Waals surface area contributed by atoms with E-state index in [0.717, 1.165) is 0 Å². The maximum atomic E-state index is 11.4. The third-order valence-corrected chi connectivity index (χ3v) is 3.51. The van der Waals surface area contributed by atoms with Gasteiger partial charge in [-0.25, -0.2) is 13.4 Å². The number of rotatable bonds is 0. The van der Waals surface area contributed by atoms with E-state index in [4.69, 9.17) is 0 Å². The number of pyridine rings is 1. The first-order valence-electron chi connectivity index (χ1n) is 3.62. The predicted octanol–water partition coefficient (Wildman–Crippen LogP) is 0.281. The van der Waals surface area contributed by atoms with E-state index in [1.54, 1.807) is 18.3 Å². The molecular formula is C7H8N2O2S. The predicted molar refractivity (Wildman–Crippen MR) is 44.8 cm³/mol. The second-order valence-electron chi connectivity index (χ2n) is 2.60. The number of hydrogen-bond acceptors (Lipinski definition) is 4. The second kappa shape index (κ2) is 2.45. The third kappa shape index (κ3) is 1.06. The summed E-state index contributed by atoms with van der Waals surface area (Å²) in [7, 11) is -3.07. The Kier molecular flexibility index (Phi) is 1.54. The van der Waals surface area contributed by atoms with Crippen molar-refractivity contribution >= 4 is 15.7 Å². The van der Waals surface area contributed by atoms with Crippen molar-refractivity contribution in [3.8, 4) is 0 Å². The summed E-state index contributed by atoms with van der Waals surface area (Å²) in [6.07, 6.45) is 1.58. The van der Waals surface area contributed by atoms with Gasteiger partial charge in [0.1, 0.15) is 10.7 Å². The second-order valence-corrected chi connectivity index (χ2v) is 4.67. The fraction of sp³-hybridized carbons (Fsp3) is 0.286. The molecule has 1 aromatic rings. The number of sulfone groups is 1. The monoisotopic (exact) mass is 184 g/mol. The van der Waals surface area contributed by atoms with Gasteiger partial charge in [0.15, 0.2) is 9.84 Å². The van der Waals surface area contributed by atoms with Gasteiger partial charge in [0.2, 0.25) is 0 Å². The van der Waals surface area contributed by atoms with Crippen molar-refractivity contribution in [2.75, 3.05) is 17.6 Å². The van der Waals surface area contributed by atoms with Crippen molar-refractivity contribution < 1.29 is 8.42 Å². The fourth-order valence-electron chi connectivity index (χ4n) is 1.19. The summed E-state index contributed by atoms with van der Waals surface area (Å²) < 4.78 is 22.8. The van der Waals surface area contributed by atoms with Crippen LogP contribution in [-0.2, 0) is 9.84 Å². The van der Waals surface area contributed by atoms with Crippen LogP contribution < -0.4 is 5.32 Å². The van der Waals surface area contributed by atoms with Crippen LogP contribution in [0.1, 0.15) is 0 Å². The molecule has 0 aliphatic carbocycles. The molecule has 0 saturated heterocycles. The van der Waals surface area contributed by atoms with Crippen LogP contribution in [0.4, 0.5) is 5.82 Å². The highest BCUT2D eigenvalue weighted by molar-refractivity contribution is 7.91. The fourth-order valence-corrected chi connectivity index (χ4v) is 2.48. The Hall–Kier alpha value is -1.10. The smallest absolute Gasteiger partial charge is 0.183 e. The summed E-state index contributed by atoms with van der Waals surface area (Å²) in [4.78, 5) is 4.24. The summed E-state index contributed by atoms with van der Waals surface area (Å²) >= 11 is 0. The van der Waals surface area contributed by atoms with E-state index in [1.165, 1.54) is 0 Å². The van der Waals surface area contributed by atoms with E-state index >= 15 is 0 Å². The maximum absolute atomic E-state index is 11.4. The normalized spacial score (nSPS) is 19.3. The van der Waals surface area contributed by atoms with Crippen LogP contribution in [0.3, 0.4) is 0 Å². The number of hydrogen-bond donors (Lipinski definition) is 1. The molecule has 5 heteroatoms. The minimum absolute atomic E-state index is 0.158. The molecule has 2 rings (SSSR count). The highest BCUT2D eigenvalue weighted by Crippen LogP contribution is 2.22. The molecule has 1 aliphatic rings. The van der Waals surface area contributed by atoms with E-state index in [-0.39, 0.29) is 5.75 Å². The molecule has 1 aliphatic heterocycles. The number of aromatic nitrogens is 1. The molecule has 0 bridgehead atoms. The molecule has 0 unspecified atom stereocenters. The van der Waals surface area contributed by atoms with Crippen molar-refractivity contribution in [1.82, 2.24) is 4.98 Å². The van der Waals surface area contributed by atoms with Crippen LogP contribution in [0.15, 0.2) is 23.2 Å². The largest absolute Gasteiger partial charge is 0.368 e. The van der Waals surface area contributed by atoms with Crippen LogP contribution in [0.5, 0.6) is 0 Å². The Labute approximate surface area is 70.6 Å². The standard InChI is InChI=1S/C7H8N2O2S/c10-12(11)5-4-9-7-6(12)2-1-3-8-7/h1-3H,4-5H2,(H,8,9). The number of nitrogens with one attached hydrogen (secondary N) is 1. The summed E-state index contributed by atoms with van der Waals surface area (Å²) in [5.41, 5.74) is 0. The summed E-state index contributed by atoms with van der Waals surface area (Å²) in [6.45, 7) is 0.451. The number of fused-ring (bicyclic) bond motifs is 1. The molecule has 0 aromatic carbocycles. The summed E-state index contributed by atoms with van der Waals surface area (Å²) in [5, 5.41) is 2.93. The van der Waals surface area contributed by atoms with Gasteiger partial charge in [0, 0.05) is 12.7 Å². The third-order valence-electron chi connectivity index (χ3n) is 1.77. The van der Waals surface area contributed by atoms with Crippen molar-refractivity contribution in [1.29, 1.82) is 0 Å². The summed E-state index contributed by atoms with van der Waals surface area (Å²) in [6, 6.07) is 3.20. The topological polar surface area (TPSA) is 59.1 Å². The average Bonchev–Trinajstić information content (AvgIpc) is 2.04. The Morgan fingerprint density at radius 3 is 3.08 bits per heavy atom. The van der Waals surface area contributed by atoms with Gasteiger partial charge in [-0.05, 0) is 12.1 Å². The lowest BCUT2D eigenvalue weighted by Gasteiger charge is -2.15. The number of anilines is 1. The first-order valence-corrected chi connectivity index (χ1v) is 5.27. The maximum Gasteiger partial charge on any atom is 0.183 e. The molecule has 0 radical (unpaired) electrons. The van der Waals surface area contributed by atoms with Crippen LogP contribution >= 0.6 is 0 Å². The molecule has 0 spiro atoms. The Morgan fingerprint density at radius 1 is 1.50 bits per heavy atom. The Bertz CT molecular complexity index is 400. The van der Waals surface area contributed by atoms with E-state index in [2.05, 4.69) is 10.3 Å². The molecule has 64 valence electrons. The molecule has 4 nitrogen and oxygen atoms in total. The van der Waals surface area contributed by atoms with Crippen LogP contribution in [0, 0.1) is 0 Å². The highest BCUT2D eigenvalue weighted by atomic mass is 32.2. The van der Waals surface area contributed by atoms with Gasteiger partial charge in [-0.2, -0.15) is 0 Å². The lowest BCUT2D eigenvalue weighted by molar-refractivity contribution is 0.594. The van der Waals surface area contributed by atoms with E-state index in [1.807, 2.05) is 0 Å². The highest BCUT2D eigenvalue weighted by Gasteiger charge is 2.23. The Morgan fingerprint density at radius 2 is 2.33 bits per heavy atom. The van der Waals surface area contributed by atoms with Crippen molar-refractivity contribution in [3.63, 3.8) is 0 Å². The van der Waals surface area contributed by atoms with E-state index < -0.39 is 9.84 Å². The molecule has 1 N–H and O–H groups in total. The van der Waals surface area contributed by atoms with Crippen molar-refractivity contribution in [2.45, 2.75) is 4.90 Å². The molecule has 0 atom stereocenters. The van der Waals surface area contributed by atoms with Crippen LogP contribution in [0.2, 0.25) is 0 Å². The minimum atomic E-state index is -3.07. The first-order chi connectivity index (χ1) is 5.70. The molecule has 1 aromatic heterocycles. The van der Waals surface area contributed by atoms with Gasteiger partial charge in [0.05, 0.1) is 5.75 Å². The number of nitrogens with zero attached hydrogens (tertiary/aromatic N) is 1. The van der Waals surface area contributed by atoms with Crippen molar-refractivity contribution in [2.24, 2.45) is 0 Å². The zero-order chi connectivity index (χ0) is 8.60. The molecule has 0 saturated carbocycles. The van der Waals surface area contributed by atoms with Crippen LogP contribution in [-0.4, -0.2) is 25.7 Å². The quantitative estimate of drug-likeness (QED) is 0.629. The van der Waals surface area contributed by atoms with Gasteiger partial charge in [-0.3, -0.25) is 0 Å². The van der Waals surface area contributed by atoms with Gasteiger partial charge in [0.25, 0.3) is 0 Å². The van der Waals surface area contributed by atoms with Gasteiger partial charge < -0.3 is 5.32 Å². The first kappa shape index (κ1) is 7.54. The zero-order valence-electron chi connectivity index (χ0n) is 6.32. The SMILES string of the molecule is O=S1(=O)CCNc2ncccc21. The van der Waals surface area contributed by atoms with Crippen molar-refractivity contribution in [3.05, 3.63) is 18.3 Å². The van der Waals surface area contributed by atoms with E-state index in [0.29, 0.717) is 17.3 Å². The minimum Gasteiger partial charge on any atom is -0.368 e. The summed E-state index contributed by atoms with van der Waals surface area (Å²) in [5.74, 6) is 0.634. The van der Waals surface area contributed by atoms with Crippen LogP contribution in [0.25, 0.3) is 0 Å². The molecule has 12 heavy (non-hydrogen) atoms. The lowest BCUT2D eigenvalue weighted by atomic mass is 10.4. The average molecular weight is 184 g/mol. The molecule has 0 amide bonds.